The molecule has 7 nitrogen and oxygen atoms in total. The molecule has 0 radical (unpaired) electrons. The topological polar surface area (TPSA) is 99.1 Å². The van der Waals surface area contributed by atoms with Gasteiger partial charge in [0, 0.05) is 0 Å². The summed E-state index contributed by atoms with van der Waals surface area (Å²) in [4.78, 5) is 25.3. The van der Waals surface area contributed by atoms with E-state index in [-0.39, 0.29) is 6.03 Å². The van der Waals surface area contributed by atoms with Gasteiger partial charge in [0.1, 0.15) is 5.75 Å². The van der Waals surface area contributed by atoms with E-state index in [9.17, 15) is 19.8 Å². The highest BCUT2D eigenvalue weighted by atomic mass is 16.5. The molecule has 1 aliphatic heterocycles. The predicted molar refractivity (Wildman–Crippen MR) is 137 cm³/mol. The van der Waals surface area contributed by atoms with Crippen molar-refractivity contribution < 1.29 is 24.5 Å². The molecular formula is C28H40N2O5. The molecule has 0 aliphatic carbocycles. The largest absolute Gasteiger partial charge is 0.478 e. The molecule has 35 heavy (non-hydrogen) atoms. The summed E-state index contributed by atoms with van der Waals surface area (Å²) in [5, 5.41) is 23.1. The number of nitrogens with zero attached hydrogens (tertiary/aromatic N) is 1. The maximum atomic E-state index is 12.6. The van der Waals surface area contributed by atoms with E-state index in [4.69, 9.17) is 4.74 Å². The number of carbonyl (C=O) groups excluding carboxylic acids is 1. The van der Waals surface area contributed by atoms with Gasteiger partial charge in [-0.05, 0) is 88.3 Å². The minimum atomic E-state index is -1.30. The summed E-state index contributed by atoms with van der Waals surface area (Å²) >= 11 is 0. The number of aliphatic hydroxyl groups is 1. The van der Waals surface area contributed by atoms with Gasteiger partial charge in [-0.3, -0.25) is 4.90 Å². The van der Waals surface area contributed by atoms with Crippen molar-refractivity contribution in [3.63, 3.8) is 0 Å². The number of aliphatic hydroxyl groups excluding tert-OH is 1. The van der Waals surface area contributed by atoms with Gasteiger partial charge in [0.15, 0.2) is 11.8 Å². The van der Waals surface area contributed by atoms with E-state index in [1.165, 1.54) is 24.3 Å². The van der Waals surface area contributed by atoms with Crippen molar-refractivity contribution in [2.75, 3.05) is 0 Å². The number of aryl methyl sites for hydroxylation is 3. The molecule has 1 fully saturated rings. The SMILES string of the molecule is CC.Cc1ccc(CN2C(=O)NC(C)(CCCc3ccc(OC(C)(C)C(=O)O)cc3)C2O)cc1C. The first-order valence-corrected chi connectivity index (χ1v) is 12.3. The Bertz CT molecular complexity index is 1020. The van der Waals surface area contributed by atoms with E-state index in [0.29, 0.717) is 18.7 Å². The summed E-state index contributed by atoms with van der Waals surface area (Å²) in [6.45, 7) is 13.3. The van der Waals surface area contributed by atoms with Gasteiger partial charge >= 0.3 is 12.0 Å². The lowest BCUT2D eigenvalue weighted by molar-refractivity contribution is -0.152. The smallest absolute Gasteiger partial charge is 0.347 e. The second-order valence-electron chi connectivity index (χ2n) is 9.68. The molecule has 0 aromatic heterocycles. The molecule has 0 spiro atoms. The third-order valence-corrected chi connectivity index (χ3v) is 6.42. The molecule has 2 amide bonds. The number of hydrogen-bond donors (Lipinski definition) is 3. The number of hydrogen-bond acceptors (Lipinski definition) is 4. The average molecular weight is 485 g/mol. The van der Waals surface area contributed by atoms with E-state index in [1.807, 2.05) is 58.9 Å². The zero-order valence-electron chi connectivity index (χ0n) is 22.0. The fourth-order valence-corrected chi connectivity index (χ4v) is 4.01. The monoisotopic (exact) mass is 484 g/mol. The van der Waals surface area contributed by atoms with E-state index in [2.05, 4.69) is 11.4 Å². The number of rotatable bonds is 9. The van der Waals surface area contributed by atoms with Crippen molar-refractivity contribution in [1.29, 1.82) is 0 Å². The number of carboxylic acid groups (broad SMARTS) is 1. The van der Waals surface area contributed by atoms with Crippen molar-refractivity contribution in [2.45, 2.75) is 91.6 Å². The lowest BCUT2D eigenvalue weighted by atomic mass is 9.92. The minimum Gasteiger partial charge on any atom is -0.478 e. The van der Waals surface area contributed by atoms with Crippen LogP contribution in [0.3, 0.4) is 0 Å². The van der Waals surface area contributed by atoms with Crippen molar-refractivity contribution in [3.05, 3.63) is 64.7 Å². The quantitative estimate of drug-likeness (QED) is 0.455. The van der Waals surface area contributed by atoms with Crippen molar-refractivity contribution in [1.82, 2.24) is 10.2 Å². The van der Waals surface area contributed by atoms with Crippen LogP contribution in [0, 0.1) is 13.8 Å². The van der Waals surface area contributed by atoms with Crippen LogP contribution in [0.2, 0.25) is 0 Å². The Hall–Kier alpha value is -3.06. The van der Waals surface area contributed by atoms with Gasteiger partial charge in [-0.1, -0.05) is 44.2 Å². The number of amides is 2. The first-order chi connectivity index (χ1) is 16.4. The van der Waals surface area contributed by atoms with Crippen molar-refractivity contribution in [3.8, 4) is 5.75 Å². The fraction of sp³-hybridized carbons (Fsp3) is 0.500. The molecule has 3 N–H and O–H groups in total. The van der Waals surface area contributed by atoms with Crippen LogP contribution in [0.1, 0.15) is 69.7 Å². The van der Waals surface area contributed by atoms with E-state index >= 15 is 0 Å². The maximum absolute atomic E-state index is 12.6. The summed E-state index contributed by atoms with van der Waals surface area (Å²) in [5.74, 6) is -0.526. The molecule has 7 heteroatoms. The first kappa shape index (κ1) is 28.2. The summed E-state index contributed by atoms with van der Waals surface area (Å²) < 4.78 is 5.53. The number of benzene rings is 2. The minimum absolute atomic E-state index is 0.259. The van der Waals surface area contributed by atoms with Crippen LogP contribution in [0.5, 0.6) is 5.75 Å². The normalized spacial score (nSPS) is 19.6. The van der Waals surface area contributed by atoms with Crippen LogP contribution in [0.15, 0.2) is 42.5 Å². The average Bonchev–Trinajstić information content (AvgIpc) is 3.01. The van der Waals surface area contributed by atoms with Crippen LogP contribution in [0.4, 0.5) is 4.79 Å². The molecule has 1 aliphatic rings. The zero-order valence-corrected chi connectivity index (χ0v) is 22.0. The zero-order chi connectivity index (χ0) is 26.4. The Morgan fingerprint density at radius 1 is 1.09 bits per heavy atom. The van der Waals surface area contributed by atoms with E-state index in [0.717, 1.165) is 29.5 Å². The molecular weight excluding hydrogens is 444 g/mol. The first-order valence-electron chi connectivity index (χ1n) is 12.3. The van der Waals surface area contributed by atoms with Crippen molar-refractivity contribution >= 4 is 12.0 Å². The molecule has 3 rings (SSSR count). The number of nitrogens with one attached hydrogen (secondary N) is 1. The molecule has 0 bridgehead atoms. The van der Waals surface area contributed by atoms with Gasteiger partial charge in [-0.25, -0.2) is 9.59 Å². The Morgan fingerprint density at radius 3 is 2.26 bits per heavy atom. The summed E-state index contributed by atoms with van der Waals surface area (Å²) in [6.07, 6.45) is 1.23. The number of carbonyl (C=O) groups is 2. The van der Waals surface area contributed by atoms with Gasteiger partial charge in [0.25, 0.3) is 0 Å². The molecule has 2 atom stereocenters. The molecule has 2 unspecified atom stereocenters. The highest BCUT2D eigenvalue weighted by Crippen LogP contribution is 2.29. The molecule has 0 saturated carbocycles. The third-order valence-electron chi connectivity index (χ3n) is 6.42. The second kappa shape index (κ2) is 11.6. The van der Waals surface area contributed by atoms with Crippen LogP contribution < -0.4 is 10.1 Å². The number of aliphatic carboxylic acids is 1. The number of urea groups is 1. The third kappa shape index (κ3) is 6.98. The Balaban J connectivity index is 0.00000210. The van der Waals surface area contributed by atoms with E-state index < -0.39 is 23.3 Å². The van der Waals surface area contributed by atoms with Crippen molar-refractivity contribution in [2.24, 2.45) is 0 Å². The maximum Gasteiger partial charge on any atom is 0.347 e. The molecule has 1 saturated heterocycles. The molecule has 2 aromatic rings. The number of ether oxygens (including phenoxy) is 1. The molecule has 1 heterocycles. The van der Waals surface area contributed by atoms with Gasteiger partial charge < -0.3 is 20.3 Å². The molecule has 192 valence electrons. The van der Waals surface area contributed by atoms with Crippen LogP contribution in [0.25, 0.3) is 0 Å². The predicted octanol–water partition coefficient (Wildman–Crippen LogP) is 5.20. The van der Waals surface area contributed by atoms with Gasteiger partial charge in [-0.2, -0.15) is 0 Å². The van der Waals surface area contributed by atoms with Crippen LogP contribution in [-0.2, 0) is 17.8 Å². The lowest BCUT2D eigenvalue weighted by Crippen LogP contribution is -2.47. The van der Waals surface area contributed by atoms with Gasteiger partial charge in [-0.15, -0.1) is 0 Å². The van der Waals surface area contributed by atoms with Gasteiger partial charge in [0.2, 0.25) is 0 Å². The highest BCUT2D eigenvalue weighted by Gasteiger charge is 2.46. The summed E-state index contributed by atoms with van der Waals surface area (Å²) in [5.41, 5.74) is 2.39. The number of carboxylic acids is 1. The summed E-state index contributed by atoms with van der Waals surface area (Å²) in [6, 6.07) is 13.2. The molecule has 2 aromatic carbocycles. The lowest BCUT2D eigenvalue weighted by Gasteiger charge is -2.30. The van der Waals surface area contributed by atoms with Crippen LogP contribution in [-0.4, -0.2) is 44.5 Å². The highest BCUT2D eigenvalue weighted by molar-refractivity contribution is 5.78. The summed E-state index contributed by atoms with van der Waals surface area (Å²) in [7, 11) is 0. The van der Waals surface area contributed by atoms with E-state index in [1.54, 1.807) is 12.1 Å². The standard InChI is InChI=1S/C26H34N2O5.C2H6/c1-17-8-9-20(15-18(17)2)16-28-22(29)26(5,27-24(28)32)14-6-7-19-10-12-21(13-11-19)33-25(3,4)23(30)31;1-2/h8-13,15,22,29H,6-7,14,16H2,1-5H3,(H,27,32)(H,30,31);1-2H3. The fourth-order valence-electron chi connectivity index (χ4n) is 4.01. The Kier molecular flexibility index (Phi) is 9.32. The Labute approximate surface area is 209 Å². The Morgan fingerprint density at radius 2 is 1.69 bits per heavy atom. The van der Waals surface area contributed by atoms with Crippen LogP contribution >= 0.6 is 0 Å². The second-order valence-corrected chi connectivity index (χ2v) is 9.68. The van der Waals surface area contributed by atoms with Gasteiger partial charge in [0.05, 0.1) is 12.1 Å².